The Morgan fingerprint density at radius 3 is 2.41 bits per heavy atom. The molecule has 0 aliphatic carbocycles. The number of aromatic nitrogens is 2. The molecule has 1 aromatic heterocycles. The number of benzene rings is 3. The van der Waals surface area contributed by atoms with Gasteiger partial charge in [0.1, 0.15) is 6.61 Å². The molecule has 0 unspecified atom stereocenters. The molecule has 1 heterocycles. The average molecular weight is 462 g/mol. The van der Waals surface area contributed by atoms with Crippen molar-refractivity contribution < 1.29 is 19.4 Å². The minimum Gasteiger partial charge on any atom is -0.493 e. The Hall–Kier alpha value is -4.20. The first-order valence-electron chi connectivity index (χ1n) is 10.8. The average Bonchev–Trinajstić information content (AvgIpc) is 3.05. The SMILES string of the molecule is COc1cc(CNc2cc(C(=O)O)ccc2C)ccc1OCc1ccc2c(c1)n(C)c(=O)n2C. The van der Waals surface area contributed by atoms with Gasteiger partial charge in [-0.15, -0.1) is 0 Å². The molecule has 176 valence electrons. The zero-order chi connectivity index (χ0) is 24.4. The van der Waals surface area contributed by atoms with E-state index in [0.29, 0.717) is 24.7 Å². The number of carboxylic acids is 1. The number of hydrogen-bond donors (Lipinski definition) is 2. The Morgan fingerprint density at radius 1 is 0.941 bits per heavy atom. The lowest BCUT2D eigenvalue weighted by molar-refractivity contribution is 0.0697. The summed E-state index contributed by atoms with van der Waals surface area (Å²) >= 11 is 0. The van der Waals surface area contributed by atoms with Gasteiger partial charge >= 0.3 is 11.7 Å². The smallest absolute Gasteiger partial charge is 0.335 e. The summed E-state index contributed by atoms with van der Waals surface area (Å²) in [5.74, 6) is 0.251. The number of carbonyl (C=O) groups is 1. The van der Waals surface area contributed by atoms with E-state index >= 15 is 0 Å². The van der Waals surface area contributed by atoms with Gasteiger partial charge in [-0.05, 0) is 60.0 Å². The normalized spacial score (nSPS) is 10.9. The predicted molar refractivity (Wildman–Crippen MR) is 131 cm³/mol. The summed E-state index contributed by atoms with van der Waals surface area (Å²) in [6.45, 7) is 2.75. The van der Waals surface area contributed by atoms with E-state index in [9.17, 15) is 14.7 Å². The molecule has 0 amide bonds. The predicted octanol–water partition coefficient (Wildman–Crippen LogP) is 4.08. The Labute approximate surface area is 197 Å². The molecule has 0 spiro atoms. The van der Waals surface area contributed by atoms with Crippen molar-refractivity contribution in [1.82, 2.24) is 9.13 Å². The standard InChI is InChI=1S/C26H27N3O5/c1-16-5-8-19(25(30)31)13-20(16)27-14-17-7-10-23(24(12-17)33-4)34-15-18-6-9-21-22(11-18)29(3)26(32)28(21)2/h5-13,27H,14-15H2,1-4H3,(H,30,31). The lowest BCUT2D eigenvalue weighted by Crippen LogP contribution is -2.19. The van der Waals surface area contributed by atoms with Crippen LogP contribution in [0.4, 0.5) is 5.69 Å². The van der Waals surface area contributed by atoms with Crippen LogP contribution >= 0.6 is 0 Å². The summed E-state index contributed by atoms with van der Waals surface area (Å²) in [6, 6.07) is 16.5. The summed E-state index contributed by atoms with van der Waals surface area (Å²) < 4.78 is 14.8. The van der Waals surface area contributed by atoms with Gasteiger partial charge in [0, 0.05) is 26.3 Å². The van der Waals surface area contributed by atoms with Crippen LogP contribution in [-0.2, 0) is 27.2 Å². The fraction of sp³-hybridized carbons (Fsp3) is 0.231. The number of rotatable bonds is 8. The second kappa shape index (κ2) is 9.35. The number of hydrogen-bond acceptors (Lipinski definition) is 5. The van der Waals surface area contributed by atoms with Crippen LogP contribution in [0.2, 0.25) is 0 Å². The van der Waals surface area contributed by atoms with E-state index in [-0.39, 0.29) is 11.3 Å². The molecule has 0 saturated heterocycles. The Balaban J connectivity index is 1.47. The number of nitrogens with zero attached hydrogens (tertiary/aromatic N) is 2. The number of fused-ring (bicyclic) bond motifs is 1. The molecule has 4 rings (SSSR count). The van der Waals surface area contributed by atoms with Crippen LogP contribution in [0, 0.1) is 6.92 Å². The molecule has 0 saturated carbocycles. The molecular formula is C26H27N3O5. The van der Waals surface area contributed by atoms with Crippen molar-refractivity contribution in [3.63, 3.8) is 0 Å². The molecule has 0 aliphatic rings. The number of imidazole rings is 1. The number of ether oxygens (including phenoxy) is 2. The highest BCUT2D eigenvalue weighted by atomic mass is 16.5. The van der Waals surface area contributed by atoms with Crippen LogP contribution in [0.15, 0.2) is 59.4 Å². The molecule has 3 aromatic carbocycles. The van der Waals surface area contributed by atoms with E-state index in [0.717, 1.165) is 33.4 Å². The van der Waals surface area contributed by atoms with Crippen molar-refractivity contribution in [3.8, 4) is 11.5 Å². The summed E-state index contributed by atoms with van der Waals surface area (Å²) in [6.07, 6.45) is 0. The Morgan fingerprint density at radius 2 is 1.68 bits per heavy atom. The summed E-state index contributed by atoms with van der Waals surface area (Å²) in [5, 5.41) is 12.5. The van der Waals surface area contributed by atoms with Crippen molar-refractivity contribution in [2.45, 2.75) is 20.1 Å². The number of aryl methyl sites for hydroxylation is 3. The fourth-order valence-corrected chi connectivity index (χ4v) is 3.89. The van der Waals surface area contributed by atoms with Gasteiger partial charge in [0.15, 0.2) is 11.5 Å². The maximum Gasteiger partial charge on any atom is 0.335 e. The second-order valence-corrected chi connectivity index (χ2v) is 8.19. The van der Waals surface area contributed by atoms with Crippen molar-refractivity contribution in [2.75, 3.05) is 12.4 Å². The lowest BCUT2D eigenvalue weighted by atomic mass is 10.1. The molecule has 0 radical (unpaired) electrons. The summed E-state index contributed by atoms with van der Waals surface area (Å²) in [4.78, 5) is 23.4. The fourth-order valence-electron chi connectivity index (χ4n) is 3.89. The van der Waals surface area contributed by atoms with Crippen LogP contribution in [0.1, 0.15) is 27.0 Å². The number of nitrogens with one attached hydrogen (secondary N) is 1. The molecule has 4 aromatic rings. The van der Waals surface area contributed by atoms with Gasteiger partial charge in [0.25, 0.3) is 0 Å². The maximum absolute atomic E-state index is 12.1. The largest absolute Gasteiger partial charge is 0.493 e. The highest BCUT2D eigenvalue weighted by Crippen LogP contribution is 2.30. The molecule has 0 bridgehead atoms. The molecule has 8 nitrogen and oxygen atoms in total. The van der Waals surface area contributed by atoms with Crippen molar-refractivity contribution in [1.29, 1.82) is 0 Å². The monoisotopic (exact) mass is 461 g/mol. The number of carboxylic acid groups (broad SMARTS) is 1. The van der Waals surface area contributed by atoms with Crippen LogP contribution in [0.5, 0.6) is 11.5 Å². The van der Waals surface area contributed by atoms with Crippen molar-refractivity contribution >= 4 is 22.7 Å². The van der Waals surface area contributed by atoms with Crippen molar-refractivity contribution in [2.24, 2.45) is 14.1 Å². The first-order chi connectivity index (χ1) is 16.3. The minimum atomic E-state index is -0.958. The van der Waals surface area contributed by atoms with E-state index in [1.807, 2.05) is 43.3 Å². The van der Waals surface area contributed by atoms with E-state index in [4.69, 9.17) is 9.47 Å². The van der Waals surface area contributed by atoms with Gasteiger partial charge in [-0.1, -0.05) is 18.2 Å². The lowest BCUT2D eigenvalue weighted by Gasteiger charge is -2.14. The number of anilines is 1. The molecule has 34 heavy (non-hydrogen) atoms. The maximum atomic E-state index is 12.1. The van der Waals surface area contributed by atoms with E-state index in [1.54, 1.807) is 48.5 Å². The Kier molecular flexibility index (Phi) is 6.32. The van der Waals surface area contributed by atoms with E-state index < -0.39 is 5.97 Å². The van der Waals surface area contributed by atoms with Crippen molar-refractivity contribution in [3.05, 3.63) is 87.3 Å². The van der Waals surface area contributed by atoms with Gasteiger partial charge < -0.3 is 19.9 Å². The third kappa shape index (κ3) is 4.47. The molecule has 0 fully saturated rings. The second-order valence-electron chi connectivity index (χ2n) is 8.19. The topological polar surface area (TPSA) is 94.7 Å². The third-order valence-electron chi connectivity index (χ3n) is 5.93. The van der Waals surface area contributed by atoms with E-state index in [1.165, 1.54) is 0 Å². The quantitative estimate of drug-likeness (QED) is 0.411. The van der Waals surface area contributed by atoms with Crippen LogP contribution in [0.25, 0.3) is 11.0 Å². The van der Waals surface area contributed by atoms with Crippen LogP contribution in [-0.4, -0.2) is 27.3 Å². The highest BCUT2D eigenvalue weighted by Gasteiger charge is 2.11. The summed E-state index contributed by atoms with van der Waals surface area (Å²) in [5.41, 5.74) is 5.53. The first kappa shape index (κ1) is 23.0. The molecular weight excluding hydrogens is 434 g/mol. The molecule has 0 atom stereocenters. The first-order valence-corrected chi connectivity index (χ1v) is 10.8. The van der Waals surface area contributed by atoms with Gasteiger partial charge in [-0.2, -0.15) is 0 Å². The molecule has 2 N–H and O–H groups in total. The number of methoxy groups -OCH3 is 1. The van der Waals surface area contributed by atoms with Crippen LogP contribution < -0.4 is 20.5 Å². The molecule has 0 aliphatic heterocycles. The zero-order valence-corrected chi connectivity index (χ0v) is 19.6. The Bertz CT molecular complexity index is 1430. The van der Waals surface area contributed by atoms with Crippen LogP contribution in [0.3, 0.4) is 0 Å². The molecule has 8 heteroatoms. The van der Waals surface area contributed by atoms with Gasteiger partial charge in [-0.25, -0.2) is 9.59 Å². The van der Waals surface area contributed by atoms with Gasteiger partial charge in [-0.3, -0.25) is 9.13 Å². The number of aromatic carboxylic acids is 1. The van der Waals surface area contributed by atoms with Gasteiger partial charge in [0.05, 0.1) is 23.7 Å². The minimum absolute atomic E-state index is 0.0659. The summed E-state index contributed by atoms with van der Waals surface area (Å²) in [7, 11) is 5.10. The third-order valence-corrected chi connectivity index (χ3v) is 5.93. The highest BCUT2D eigenvalue weighted by molar-refractivity contribution is 5.89. The van der Waals surface area contributed by atoms with E-state index in [2.05, 4.69) is 5.32 Å². The van der Waals surface area contributed by atoms with Gasteiger partial charge in [0.2, 0.25) is 0 Å². The zero-order valence-electron chi connectivity index (χ0n) is 19.6.